The molecule has 7 heteroatoms. The SMILES string of the molecule is CCn1nccc1S(=O)(=O)N1CCCC1CN. The molecule has 0 spiro atoms. The van der Waals surface area contributed by atoms with Crippen molar-refractivity contribution in [1.29, 1.82) is 0 Å². The van der Waals surface area contributed by atoms with Gasteiger partial charge < -0.3 is 5.73 Å². The number of nitrogens with two attached hydrogens (primary N) is 1. The van der Waals surface area contributed by atoms with Crippen molar-refractivity contribution < 1.29 is 8.42 Å². The molecule has 17 heavy (non-hydrogen) atoms. The van der Waals surface area contributed by atoms with Crippen LogP contribution in [0.4, 0.5) is 0 Å². The van der Waals surface area contributed by atoms with Crippen LogP contribution in [-0.2, 0) is 16.6 Å². The summed E-state index contributed by atoms with van der Waals surface area (Å²) in [4.78, 5) is 0. The van der Waals surface area contributed by atoms with E-state index < -0.39 is 10.0 Å². The number of hydrogen-bond acceptors (Lipinski definition) is 4. The van der Waals surface area contributed by atoms with Gasteiger partial charge in [0.15, 0.2) is 5.03 Å². The molecule has 96 valence electrons. The van der Waals surface area contributed by atoms with Gasteiger partial charge in [0.2, 0.25) is 0 Å². The summed E-state index contributed by atoms with van der Waals surface area (Å²) in [7, 11) is -3.45. The lowest BCUT2D eigenvalue weighted by Gasteiger charge is -2.22. The zero-order valence-corrected chi connectivity index (χ0v) is 10.7. The van der Waals surface area contributed by atoms with E-state index >= 15 is 0 Å². The number of sulfonamides is 1. The van der Waals surface area contributed by atoms with Gasteiger partial charge in [-0.25, -0.2) is 8.42 Å². The van der Waals surface area contributed by atoms with E-state index in [4.69, 9.17) is 5.73 Å². The van der Waals surface area contributed by atoms with E-state index in [0.717, 1.165) is 12.8 Å². The van der Waals surface area contributed by atoms with Gasteiger partial charge in [-0.2, -0.15) is 9.40 Å². The summed E-state index contributed by atoms with van der Waals surface area (Å²) >= 11 is 0. The van der Waals surface area contributed by atoms with Gasteiger partial charge in [0.1, 0.15) is 0 Å². The van der Waals surface area contributed by atoms with Crippen molar-refractivity contribution in [1.82, 2.24) is 14.1 Å². The molecule has 1 aromatic heterocycles. The minimum Gasteiger partial charge on any atom is -0.329 e. The summed E-state index contributed by atoms with van der Waals surface area (Å²) in [6, 6.07) is 1.48. The average molecular weight is 258 g/mol. The minimum atomic E-state index is -3.45. The highest BCUT2D eigenvalue weighted by Crippen LogP contribution is 2.25. The van der Waals surface area contributed by atoms with Gasteiger partial charge in [0.25, 0.3) is 10.0 Å². The lowest BCUT2D eigenvalue weighted by atomic mass is 10.2. The minimum absolute atomic E-state index is 0.0693. The molecule has 0 saturated carbocycles. The molecule has 1 aliphatic heterocycles. The third kappa shape index (κ3) is 2.10. The van der Waals surface area contributed by atoms with Crippen LogP contribution in [-0.4, -0.2) is 41.6 Å². The molecule has 2 rings (SSSR count). The van der Waals surface area contributed by atoms with Crippen molar-refractivity contribution in [3.8, 4) is 0 Å². The van der Waals surface area contributed by atoms with E-state index in [0.29, 0.717) is 19.6 Å². The van der Waals surface area contributed by atoms with E-state index in [9.17, 15) is 8.42 Å². The Morgan fingerprint density at radius 3 is 3.00 bits per heavy atom. The van der Waals surface area contributed by atoms with Crippen LogP contribution >= 0.6 is 0 Å². The van der Waals surface area contributed by atoms with Gasteiger partial charge in [-0.15, -0.1) is 0 Å². The molecule has 1 fully saturated rings. The largest absolute Gasteiger partial charge is 0.329 e. The number of aromatic nitrogens is 2. The van der Waals surface area contributed by atoms with Crippen molar-refractivity contribution in [2.75, 3.05) is 13.1 Å². The molecule has 1 aromatic rings. The Labute approximate surface area is 101 Å². The molecule has 0 aromatic carbocycles. The highest BCUT2D eigenvalue weighted by atomic mass is 32.2. The summed E-state index contributed by atoms with van der Waals surface area (Å²) in [5.41, 5.74) is 5.62. The van der Waals surface area contributed by atoms with Gasteiger partial charge >= 0.3 is 0 Å². The predicted octanol–water partition coefficient (Wildman–Crippen LogP) is 0.0148. The number of aryl methyl sites for hydroxylation is 1. The monoisotopic (exact) mass is 258 g/mol. The van der Waals surface area contributed by atoms with E-state index in [-0.39, 0.29) is 11.1 Å². The average Bonchev–Trinajstić information content (AvgIpc) is 2.97. The molecule has 1 unspecified atom stereocenters. The maximum Gasteiger partial charge on any atom is 0.260 e. The van der Waals surface area contributed by atoms with Gasteiger partial charge in [0.05, 0.1) is 6.20 Å². The lowest BCUT2D eigenvalue weighted by Crippen LogP contribution is -2.40. The second kappa shape index (κ2) is 4.75. The van der Waals surface area contributed by atoms with E-state index in [1.807, 2.05) is 6.92 Å². The van der Waals surface area contributed by atoms with Gasteiger partial charge in [-0.05, 0) is 25.8 Å². The third-order valence-corrected chi connectivity index (χ3v) is 5.12. The highest BCUT2D eigenvalue weighted by Gasteiger charge is 2.36. The summed E-state index contributed by atoms with van der Waals surface area (Å²) in [6.07, 6.45) is 3.24. The Hall–Kier alpha value is -0.920. The van der Waals surface area contributed by atoms with E-state index in [2.05, 4.69) is 5.10 Å². The van der Waals surface area contributed by atoms with Crippen molar-refractivity contribution in [3.05, 3.63) is 12.3 Å². The standard InChI is InChI=1S/C10H18N4O2S/c1-2-13-10(5-6-12-13)17(15,16)14-7-3-4-9(14)8-11/h5-6,9H,2-4,7-8,11H2,1H3. The van der Waals surface area contributed by atoms with E-state index in [1.165, 1.54) is 15.2 Å². The smallest absolute Gasteiger partial charge is 0.260 e. The predicted molar refractivity (Wildman–Crippen MR) is 63.9 cm³/mol. The fourth-order valence-corrected chi connectivity index (χ4v) is 4.13. The van der Waals surface area contributed by atoms with Crippen molar-refractivity contribution in [3.63, 3.8) is 0 Å². The van der Waals surface area contributed by atoms with Crippen molar-refractivity contribution in [2.45, 2.75) is 37.4 Å². The molecule has 0 bridgehead atoms. The van der Waals surface area contributed by atoms with Crippen LogP contribution in [0.25, 0.3) is 0 Å². The number of rotatable bonds is 4. The van der Waals surface area contributed by atoms with Gasteiger partial charge in [0, 0.05) is 25.7 Å². The Morgan fingerprint density at radius 2 is 2.35 bits per heavy atom. The van der Waals surface area contributed by atoms with Crippen LogP contribution in [0.15, 0.2) is 17.3 Å². The molecule has 0 amide bonds. The first-order valence-electron chi connectivity index (χ1n) is 5.85. The molecule has 2 N–H and O–H groups in total. The topological polar surface area (TPSA) is 81.2 Å². The summed E-state index contributed by atoms with van der Waals surface area (Å²) in [6.45, 7) is 3.34. The fraction of sp³-hybridized carbons (Fsp3) is 0.700. The van der Waals surface area contributed by atoms with Gasteiger partial charge in [-0.3, -0.25) is 4.68 Å². The van der Waals surface area contributed by atoms with Gasteiger partial charge in [-0.1, -0.05) is 0 Å². The zero-order valence-electron chi connectivity index (χ0n) is 9.91. The number of hydrogen-bond donors (Lipinski definition) is 1. The fourth-order valence-electron chi connectivity index (χ4n) is 2.26. The highest BCUT2D eigenvalue weighted by molar-refractivity contribution is 7.89. The molecular formula is C10H18N4O2S. The Bertz CT molecular complexity index is 482. The van der Waals surface area contributed by atoms with Crippen LogP contribution in [0.2, 0.25) is 0 Å². The summed E-state index contributed by atoms with van der Waals surface area (Å²) in [5.74, 6) is 0. The zero-order chi connectivity index (χ0) is 12.5. The quantitative estimate of drug-likeness (QED) is 0.825. The molecule has 6 nitrogen and oxygen atoms in total. The maximum atomic E-state index is 12.5. The molecule has 1 aliphatic rings. The first kappa shape index (κ1) is 12.5. The number of nitrogens with zero attached hydrogens (tertiary/aromatic N) is 3. The van der Waals surface area contributed by atoms with Crippen molar-refractivity contribution >= 4 is 10.0 Å². The third-order valence-electron chi connectivity index (χ3n) is 3.15. The lowest BCUT2D eigenvalue weighted by molar-refractivity contribution is 0.386. The summed E-state index contributed by atoms with van der Waals surface area (Å²) in [5, 5.41) is 4.27. The Morgan fingerprint density at radius 1 is 1.59 bits per heavy atom. The second-order valence-corrected chi connectivity index (χ2v) is 5.97. The molecule has 2 heterocycles. The maximum absolute atomic E-state index is 12.5. The van der Waals surface area contributed by atoms with E-state index in [1.54, 1.807) is 6.07 Å². The van der Waals surface area contributed by atoms with Crippen LogP contribution in [0.1, 0.15) is 19.8 Å². The van der Waals surface area contributed by atoms with Crippen LogP contribution in [0.3, 0.4) is 0 Å². The molecule has 0 aliphatic carbocycles. The second-order valence-electron chi connectivity index (χ2n) is 4.13. The molecular weight excluding hydrogens is 240 g/mol. The summed E-state index contributed by atoms with van der Waals surface area (Å²) < 4.78 is 27.9. The molecule has 1 saturated heterocycles. The molecule has 1 atom stereocenters. The Balaban J connectivity index is 2.36. The van der Waals surface area contributed by atoms with Crippen molar-refractivity contribution in [2.24, 2.45) is 5.73 Å². The van der Waals surface area contributed by atoms with Crippen LogP contribution < -0.4 is 5.73 Å². The van der Waals surface area contributed by atoms with Crippen LogP contribution in [0, 0.1) is 0 Å². The first-order chi connectivity index (χ1) is 8.11. The normalized spacial score (nSPS) is 22.1. The molecule has 0 radical (unpaired) electrons. The Kier molecular flexibility index (Phi) is 3.50. The van der Waals surface area contributed by atoms with Crippen LogP contribution in [0.5, 0.6) is 0 Å². The first-order valence-corrected chi connectivity index (χ1v) is 7.29.